The van der Waals surface area contributed by atoms with Gasteiger partial charge in [0.25, 0.3) is 5.91 Å². The zero-order valence-corrected chi connectivity index (χ0v) is 14.9. The molecule has 0 aliphatic heterocycles. The van der Waals surface area contributed by atoms with Crippen LogP contribution in [0, 0.1) is 24.0 Å². The van der Waals surface area contributed by atoms with Gasteiger partial charge in [0.2, 0.25) is 0 Å². The second-order valence-corrected chi connectivity index (χ2v) is 6.39. The highest BCUT2D eigenvalue weighted by Crippen LogP contribution is 2.31. The van der Waals surface area contributed by atoms with Crippen LogP contribution in [-0.2, 0) is 4.79 Å². The topological polar surface area (TPSA) is 110 Å². The van der Waals surface area contributed by atoms with Crippen molar-refractivity contribution in [1.29, 1.82) is 0 Å². The van der Waals surface area contributed by atoms with Gasteiger partial charge in [0.15, 0.2) is 0 Å². The van der Waals surface area contributed by atoms with Crippen molar-refractivity contribution in [3.05, 3.63) is 45.1 Å². The lowest BCUT2D eigenvalue weighted by molar-refractivity contribution is -0.389. The van der Waals surface area contributed by atoms with Gasteiger partial charge in [-0.1, -0.05) is 13.8 Å². The number of aromatic hydroxyl groups is 1. The molecule has 0 saturated carbocycles. The summed E-state index contributed by atoms with van der Waals surface area (Å²) < 4.78 is 1.33. The number of nitro groups is 1. The third-order valence-electron chi connectivity index (χ3n) is 4.10. The Morgan fingerprint density at radius 2 is 1.92 bits per heavy atom. The maximum absolute atomic E-state index is 12.6. The van der Waals surface area contributed by atoms with Crippen molar-refractivity contribution in [2.45, 2.75) is 46.6 Å². The Balaban J connectivity index is 2.27. The number of nitrogens with one attached hydrogen (secondary N) is 1. The minimum absolute atomic E-state index is 0.102. The van der Waals surface area contributed by atoms with Crippen molar-refractivity contribution in [2.24, 2.45) is 0 Å². The number of hydrogen-bond donors (Lipinski definition) is 2. The van der Waals surface area contributed by atoms with Crippen LogP contribution in [0.3, 0.4) is 0 Å². The molecule has 0 radical (unpaired) electrons. The first-order chi connectivity index (χ1) is 11.6. The minimum Gasteiger partial charge on any atom is -0.508 e. The van der Waals surface area contributed by atoms with Gasteiger partial charge in [0.05, 0.1) is 16.9 Å². The molecule has 2 N–H and O–H groups in total. The number of aryl methyl sites for hydroxylation is 2. The van der Waals surface area contributed by atoms with E-state index in [4.69, 9.17) is 0 Å². The molecule has 25 heavy (non-hydrogen) atoms. The van der Waals surface area contributed by atoms with E-state index in [-0.39, 0.29) is 23.4 Å². The molecule has 1 unspecified atom stereocenters. The number of phenols is 1. The number of rotatable bonds is 5. The highest BCUT2D eigenvalue weighted by atomic mass is 16.6. The molecule has 8 heteroatoms. The van der Waals surface area contributed by atoms with Crippen molar-refractivity contribution in [3.8, 4) is 5.75 Å². The lowest BCUT2D eigenvalue weighted by atomic mass is 9.99. The van der Waals surface area contributed by atoms with E-state index in [2.05, 4.69) is 10.4 Å². The molecule has 1 amide bonds. The van der Waals surface area contributed by atoms with E-state index in [1.54, 1.807) is 32.9 Å². The Labute approximate surface area is 145 Å². The number of anilines is 1. The summed E-state index contributed by atoms with van der Waals surface area (Å²) in [5.74, 6) is -0.341. The number of carbonyl (C=O) groups excluding carboxylic acids is 1. The molecule has 0 bridgehead atoms. The number of benzene rings is 1. The van der Waals surface area contributed by atoms with E-state index in [0.29, 0.717) is 11.4 Å². The highest BCUT2D eigenvalue weighted by molar-refractivity contribution is 5.94. The lowest BCUT2D eigenvalue weighted by Crippen LogP contribution is -2.25. The molecule has 0 aliphatic carbocycles. The first kappa shape index (κ1) is 18.4. The summed E-state index contributed by atoms with van der Waals surface area (Å²) in [5, 5.41) is 27.5. The van der Waals surface area contributed by atoms with Crippen LogP contribution in [0.2, 0.25) is 0 Å². The fraction of sp³-hybridized carbons (Fsp3) is 0.412. The molecule has 2 rings (SSSR count). The van der Waals surface area contributed by atoms with Gasteiger partial charge in [0, 0.05) is 5.69 Å². The summed E-state index contributed by atoms with van der Waals surface area (Å²) in [6, 6.07) is 3.97. The fourth-order valence-corrected chi connectivity index (χ4v) is 2.61. The van der Waals surface area contributed by atoms with Crippen molar-refractivity contribution >= 4 is 17.4 Å². The number of nitrogens with zero attached hydrogens (tertiary/aromatic N) is 3. The Morgan fingerprint density at radius 3 is 2.44 bits per heavy atom. The van der Waals surface area contributed by atoms with Gasteiger partial charge in [-0.3, -0.25) is 4.79 Å². The average molecular weight is 346 g/mol. The van der Waals surface area contributed by atoms with Crippen molar-refractivity contribution in [1.82, 2.24) is 9.78 Å². The van der Waals surface area contributed by atoms with Gasteiger partial charge >= 0.3 is 5.82 Å². The predicted molar refractivity (Wildman–Crippen MR) is 93.9 cm³/mol. The third kappa shape index (κ3) is 3.78. The van der Waals surface area contributed by atoms with E-state index in [1.165, 1.54) is 10.7 Å². The van der Waals surface area contributed by atoms with Gasteiger partial charge in [-0.15, -0.1) is 0 Å². The van der Waals surface area contributed by atoms with Crippen molar-refractivity contribution < 1.29 is 14.8 Å². The first-order valence-electron chi connectivity index (χ1n) is 7.96. The summed E-state index contributed by atoms with van der Waals surface area (Å²) in [4.78, 5) is 22.8. The fourth-order valence-electron chi connectivity index (χ4n) is 2.61. The zero-order chi connectivity index (χ0) is 18.9. The molecular formula is C17H22N4O4. The smallest absolute Gasteiger partial charge is 0.390 e. The molecule has 0 saturated heterocycles. The molecule has 2 aromatic rings. The van der Waals surface area contributed by atoms with E-state index in [0.717, 1.165) is 11.1 Å². The summed E-state index contributed by atoms with van der Waals surface area (Å²) >= 11 is 0. The Kier molecular flexibility index (Phi) is 5.10. The summed E-state index contributed by atoms with van der Waals surface area (Å²) in [7, 11) is 0. The molecule has 8 nitrogen and oxygen atoms in total. The SMILES string of the molecule is Cc1cc(O)c(C(C)C)cc1NC(=O)C(C)n1nc([N+](=O)[O-])cc1C. The van der Waals surface area contributed by atoms with Crippen LogP contribution in [-0.4, -0.2) is 25.7 Å². The van der Waals surface area contributed by atoms with E-state index >= 15 is 0 Å². The Bertz CT molecular complexity index is 826. The standard InChI is InChI=1S/C17H22N4O4/c1-9(2)13-8-14(10(3)6-15(13)22)18-17(23)12(5)20-11(4)7-16(19-20)21(24)25/h6-9,12,22H,1-5H3,(H,18,23). The maximum atomic E-state index is 12.6. The van der Waals surface area contributed by atoms with Crippen LogP contribution >= 0.6 is 0 Å². The van der Waals surface area contributed by atoms with E-state index in [9.17, 15) is 20.0 Å². The first-order valence-corrected chi connectivity index (χ1v) is 7.96. The monoisotopic (exact) mass is 346 g/mol. The zero-order valence-electron chi connectivity index (χ0n) is 14.9. The molecule has 0 fully saturated rings. The van der Waals surface area contributed by atoms with Crippen LogP contribution in [0.1, 0.15) is 49.6 Å². The molecule has 1 aromatic carbocycles. The second-order valence-electron chi connectivity index (χ2n) is 6.39. The molecule has 1 atom stereocenters. The van der Waals surface area contributed by atoms with Crippen LogP contribution in [0.4, 0.5) is 11.5 Å². The minimum atomic E-state index is -0.718. The largest absolute Gasteiger partial charge is 0.508 e. The van der Waals surface area contributed by atoms with Gasteiger partial charge in [-0.2, -0.15) is 4.68 Å². The van der Waals surface area contributed by atoms with E-state index in [1.807, 2.05) is 13.8 Å². The van der Waals surface area contributed by atoms with Gasteiger partial charge in [0.1, 0.15) is 11.8 Å². The van der Waals surface area contributed by atoms with Gasteiger partial charge < -0.3 is 20.5 Å². The van der Waals surface area contributed by atoms with Crippen LogP contribution in [0.25, 0.3) is 0 Å². The van der Waals surface area contributed by atoms with Crippen LogP contribution in [0.5, 0.6) is 5.75 Å². The number of amides is 1. The van der Waals surface area contributed by atoms with Crippen molar-refractivity contribution in [3.63, 3.8) is 0 Å². The quantitative estimate of drug-likeness (QED) is 0.489. The Morgan fingerprint density at radius 1 is 1.28 bits per heavy atom. The number of phenolic OH excluding ortho intramolecular Hbond substituents is 1. The summed E-state index contributed by atoms with van der Waals surface area (Å²) in [6.07, 6.45) is 0. The van der Waals surface area contributed by atoms with Crippen molar-refractivity contribution in [2.75, 3.05) is 5.32 Å². The normalized spacial score (nSPS) is 12.2. The average Bonchev–Trinajstić information content (AvgIpc) is 2.90. The molecule has 1 aromatic heterocycles. The van der Waals surface area contributed by atoms with Crippen LogP contribution in [0.15, 0.2) is 18.2 Å². The maximum Gasteiger partial charge on any atom is 0.390 e. The highest BCUT2D eigenvalue weighted by Gasteiger charge is 2.25. The van der Waals surface area contributed by atoms with Gasteiger partial charge in [-0.25, -0.2) is 0 Å². The molecule has 0 spiro atoms. The summed E-state index contributed by atoms with van der Waals surface area (Å²) in [6.45, 7) is 8.97. The van der Waals surface area contributed by atoms with Gasteiger partial charge in [-0.05, 0) is 54.9 Å². The molecule has 134 valence electrons. The third-order valence-corrected chi connectivity index (χ3v) is 4.10. The number of carbonyl (C=O) groups is 1. The second kappa shape index (κ2) is 6.92. The molecule has 0 aliphatic rings. The van der Waals surface area contributed by atoms with Crippen LogP contribution < -0.4 is 5.32 Å². The predicted octanol–water partition coefficient (Wildman–Crippen LogP) is 3.44. The molecule has 1 heterocycles. The number of hydrogen-bond acceptors (Lipinski definition) is 5. The summed E-state index contributed by atoms with van der Waals surface area (Å²) in [5.41, 5.74) is 2.59. The molecular weight excluding hydrogens is 324 g/mol. The lowest BCUT2D eigenvalue weighted by Gasteiger charge is -2.16. The number of aromatic nitrogens is 2. The van der Waals surface area contributed by atoms with E-state index < -0.39 is 11.0 Å². The Hall–Kier alpha value is -2.90.